The molecule has 7 rings (SSSR count). The highest BCUT2D eigenvalue weighted by Gasteiger charge is 2.61. The van der Waals surface area contributed by atoms with E-state index < -0.39 is 25.7 Å². The lowest BCUT2D eigenvalue weighted by molar-refractivity contribution is 0.286. The molecule has 6 aromatic carbocycles. The Morgan fingerprint density at radius 3 is 0.705 bits per heavy atom. The zero-order chi connectivity index (χ0) is 29.7. The summed E-state index contributed by atoms with van der Waals surface area (Å²) >= 11 is 0. The number of hydrogen-bond donors (Lipinski definition) is 0. The van der Waals surface area contributed by atoms with E-state index in [-0.39, 0.29) is 10.0 Å². The van der Waals surface area contributed by atoms with Gasteiger partial charge in [-0.05, 0) is 31.1 Å². The van der Waals surface area contributed by atoms with Gasteiger partial charge in [0, 0.05) is 0 Å². The predicted molar refractivity (Wildman–Crippen MR) is 184 cm³/mol. The Morgan fingerprint density at radius 2 is 0.477 bits per heavy atom. The van der Waals surface area contributed by atoms with E-state index in [0.29, 0.717) is 0 Å². The van der Waals surface area contributed by atoms with Crippen LogP contribution in [0.25, 0.3) is 0 Å². The Labute approximate surface area is 264 Å². The van der Waals surface area contributed by atoms with Crippen LogP contribution >= 0.6 is 0 Å². The zero-order valence-corrected chi connectivity index (χ0v) is 28.0. The lowest BCUT2D eigenvalue weighted by Crippen LogP contribution is -2.82. The summed E-state index contributed by atoms with van der Waals surface area (Å²) in [6, 6.07) is 62.2. The van der Waals surface area contributed by atoms with Gasteiger partial charge in [-0.3, -0.25) is 0 Å². The number of rotatable bonds is 6. The Balaban J connectivity index is 1.57. The Hall–Kier alpha value is -3.97. The molecule has 214 valence electrons. The lowest BCUT2D eigenvalue weighted by atomic mass is 10.4. The fourth-order valence-corrected chi connectivity index (χ4v) is 22.5. The molecule has 0 atom stereocenters. The van der Waals surface area contributed by atoms with Crippen LogP contribution in [0.3, 0.4) is 0 Å². The minimum atomic E-state index is -3.64. The molecule has 0 N–H and O–H groups in total. The van der Waals surface area contributed by atoms with Gasteiger partial charge < -0.3 is 16.5 Å². The van der Waals surface area contributed by atoms with Crippen LogP contribution in [0, 0.1) is 0 Å². The molecule has 0 aromatic heterocycles. The summed E-state index contributed by atoms with van der Waals surface area (Å²) in [4.78, 5) is 0. The molecule has 1 saturated heterocycles. The van der Waals surface area contributed by atoms with Gasteiger partial charge in [-0.2, -0.15) is 0 Å². The second-order valence-corrected chi connectivity index (χ2v) is 21.1. The van der Waals surface area contributed by atoms with E-state index in [1.165, 1.54) is 0 Å². The Kier molecular flexibility index (Phi) is 8.22. The van der Waals surface area contributed by atoms with Crippen LogP contribution < -0.4 is 31.1 Å². The third-order valence-electron chi connectivity index (χ3n) is 7.87. The third kappa shape index (κ3) is 5.21. The molecule has 2 radical (unpaired) electrons. The van der Waals surface area contributed by atoms with Gasteiger partial charge in [0.25, 0.3) is 0 Å². The summed E-state index contributed by atoms with van der Waals surface area (Å²) < 4.78 is 30.1. The molecule has 1 aliphatic heterocycles. The highest BCUT2D eigenvalue weighted by atomic mass is 28.5. The standard InChI is InChI=1S/C36H30O4Si4/c1-7-19-31(20-8-1)42(32-21-9-2-10-22-32)37-41-38-43(33-23-11-3-12-24-33,34-25-13-4-14-26-34)40-44(39-42,35-27-15-5-16-28-35)36-29-17-6-18-30-36/h1-30H. The Bertz CT molecular complexity index is 1570. The second-order valence-electron chi connectivity index (χ2n) is 10.5. The van der Waals surface area contributed by atoms with Crippen LogP contribution in [0.15, 0.2) is 182 Å². The molecule has 4 nitrogen and oxygen atoms in total. The number of benzene rings is 6. The molecule has 1 heterocycles. The lowest BCUT2D eigenvalue weighted by Gasteiger charge is -2.48. The minimum Gasteiger partial charge on any atom is -0.407 e. The van der Waals surface area contributed by atoms with E-state index in [4.69, 9.17) is 16.5 Å². The van der Waals surface area contributed by atoms with E-state index in [0.717, 1.165) is 31.1 Å². The van der Waals surface area contributed by atoms with E-state index in [9.17, 15) is 0 Å². The fraction of sp³-hybridized carbons (Fsp3) is 0. The molecular weight excluding hydrogens is 609 g/mol. The molecule has 6 aromatic rings. The van der Waals surface area contributed by atoms with E-state index in [1.54, 1.807) is 0 Å². The summed E-state index contributed by atoms with van der Waals surface area (Å²) in [7, 11) is -10.8. The summed E-state index contributed by atoms with van der Waals surface area (Å²) in [6.45, 7) is 0. The molecule has 0 bridgehead atoms. The van der Waals surface area contributed by atoms with Gasteiger partial charge in [0.05, 0.1) is 0 Å². The first kappa shape index (κ1) is 28.8. The van der Waals surface area contributed by atoms with E-state index in [1.807, 2.05) is 84.9 Å². The van der Waals surface area contributed by atoms with Gasteiger partial charge in [0.15, 0.2) is 0 Å². The third-order valence-corrected chi connectivity index (χ3v) is 22.0. The van der Waals surface area contributed by atoms with Crippen molar-refractivity contribution in [1.29, 1.82) is 0 Å². The molecule has 0 spiro atoms. The molecular formula is C36H30O4Si4. The highest BCUT2D eigenvalue weighted by molar-refractivity contribution is 7.11. The van der Waals surface area contributed by atoms with Crippen molar-refractivity contribution < 1.29 is 16.5 Å². The largest absolute Gasteiger partial charge is 0.414 e. The predicted octanol–water partition coefficient (Wildman–Crippen LogP) is 3.37. The van der Waals surface area contributed by atoms with Gasteiger partial charge >= 0.3 is 35.7 Å². The maximum atomic E-state index is 7.90. The van der Waals surface area contributed by atoms with Crippen LogP contribution in [-0.2, 0) is 16.5 Å². The quantitative estimate of drug-likeness (QED) is 0.263. The second kappa shape index (κ2) is 12.6. The first-order chi connectivity index (χ1) is 21.8. The molecule has 0 unspecified atom stereocenters. The van der Waals surface area contributed by atoms with Crippen molar-refractivity contribution in [2.45, 2.75) is 0 Å². The zero-order valence-electron chi connectivity index (χ0n) is 24.0. The first-order valence-electron chi connectivity index (χ1n) is 14.6. The van der Waals surface area contributed by atoms with Gasteiger partial charge in [-0.1, -0.05) is 182 Å². The maximum absolute atomic E-state index is 7.90. The average molecular weight is 639 g/mol. The molecule has 1 aliphatic rings. The highest BCUT2D eigenvalue weighted by Crippen LogP contribution is 2.26. The molecule has 0 amide bonds. The number of hydrogen-bond acceptors (Lipinski definition) is 4. The van der Waals surface area contributed by atoms with Crippen LogP contribution in [0.2, 0.25) is 0 Å². The normalized spacial score (nSPS) is 17.2. The molecule has 1 fully saturated rings. The SMILES string of the molecule is c1ccc([Si]2(c3ccccc3)O[Si]O[Si](c3ccccc3)(c3ccccc3)O[Si](c3ccccc3)(c3ccccc3)O2)cc1. The summed E-state index contributed by atoms with van der Waals surface area (Å²) in [5.74, 6) is 0. The molecule has 0 saturated carbocycles. The molecule has 44 heavy (non-hydrogen) atoms. The first-order valence-corrected chi connectivity index (χ1v) is 20.9. The van der Waals surface area contributed by atoms with Crippen molar-refractivity contribution in [3.63, 3.8) is 0 Å². The summed E-state index contributed by atoms with van der Waals surface area (Å²) in [6.07, 6.45) is 0. The maximum Gasteiger partial charge on any atom is 0.414 e. The van der Waals surface area contributed by atoms with Crippen molar-refractivity contribution in [1.82, 2.24) is 0 Å². The van der Waals surface area contributed by atoms with Crippen molar-refractivity contribution in [3.05, 3.63) is 182 Å². The van der Waals surface area contributed by atoms with Crippen molar-refractivity contribution >= 4 is 66.8 Å². The monoisotopic (exact) mass is 638 g/mol. The van der Waals surface area contributed by atoms with Crippen LogP contribution in [-0.4, -0.2) is 35.7 Å². The summed E-state index contributed by atoms with van der Waals surface area (Å²) in [5.41, 5.74) is 0. The summed E-state index contributed by atoms with van der Waals surface area (Å²) in [5, 5.41) is 6.00. The minimum absolute atomic E-state index is 0.318. The van der Waals surface area contributed by atoms with E-state index >= 15 is 0 Å². The molecule has 0 aliphatic carbocycles. The van der Waals surface area contributed by atoms with Gasteiger partial charge in [-0.25, -0.2) is 0 Å². The van der Waals surface area contributed by atoms with Crippen molar-refractivity contribution in [3.8, 4) is 0 Å². The van der Waals surface area contributed by atoms with Crippen molar-refractivity contribution in [2.75, 3.05) is 0 Å². The Morgan fingerprint density at radius 1 is 0.273 bits per heavy atom. The van der Waals surface area contributed by atoms with Crippen LogP contribution in [0.5, 0.6) is 0 Å². The van der Waals surface area contributed by atoms with Gasteiger partial charge in [-0.15, -0.1) is 0 Å². The van der Waals surface area contributed by atoms with Crippen LogP contribution in [0.1, 0.15) is 0 Å². The van der Waals surface area contributed by atoms with Gasteiger partial charge in [0.1, 0.15) is 0 Å². The average Bonchev–Trinajstić information content (AvgIpc) is 3.11. The smallest absolute Gasteiger partial charge is 0.407 e. The molecule has 8 heteroatoms. The fourth-order valence-electron chi connectivity index (χ4n) is 5.76. The van der Waals surface area contributed by atoms with Gasteiger partial charge in [0.2, 0.25) is 0 Å². The van der Waals surface area contributed by atoms with Crippen molar-refractivity contribution in [2.24, 2.45) is 0 Å². The van der Waals surface area contributed by atoms with E-state index in [2.05, 4.69) is 97.1 Å². The van der Waals surface area contributed by atoms with Crippen LogP contribution in [0.4, 0.5) is 0 Å². The topological polar surface area (TPSA) is 36.9 Å².